The maximum atomic E-state index is 13.2. The first kappa shape index (κ1) is 22.7. The van der Waals surface area contributed by atoms with E-state index < -0.39 is 29.4 Å². The van der Waals surface area contributed by atoms with Crippen LogP contribution in [0.5, 0.6) is 0 Å². The van der Waals surface area contributed by atoms with Crippen molar-refractivity contribution in [3.8, 4) is 5.69 Å². The van der Waals surface area contributed by atoms with Gasteiger partial charge in [0.25, 0.3) is 0 Å². The van der Waals surface area contributed by atoms with E-state index in [0.29, 0.717) is 11.3 Å². The predicted molar refractivity (Wildman–Crippen MR) is 124 cm³/mol. The van der Waals surface area contributed by atoms with E-state index in [2.05, 4.69) is 13.2 Å². The van der Waals surface area contributed by atoms with Gasteiger partial charge in [-0.2, -0.15) is 0 Å². The van der Waals surface area contributed by atoms with Gasteiger partial charge >= 0.3 is 17.1 Å². The van der Waals surface area contributed by atoms with E-state index in [4.69, 9.17) is 0 Å². The van der Waals surface area contributed by atoms with Gasteiger partial charge in [0, 0.05) is 22.6 Å². The van der Waals surface area contributed by atoms with E-state index in [1.807, 2.05) is 49.6 Å². The second-order valence-corrected chi connectivity index (χ2v) is 7.61. The number of hydrogen-bond donors (Lipinski definition) is 0. The number of aryl methyl sites for hydroxylation is 2. The third-order valence-electron chi connectivity index (χ3n) is 5.33. The molecular formula is C24H26N4O4. The highest BCUT2D eigenvalue weighted by Gasteiger charge is 2.21. The summed E-state index contributed by atoms with van der Waals surface area (Å²) in [6, 6.07) is 9.64. The lowest BCUT2D eigenvalue weighted by Gasteiger charge is -2.12. The zero-order chi connectivity index (χ0) is 23.6. The quantitative estimate of drug-likeness (QED) is 0.401. The van der Waals surface area contributed by atoms with Crippen LogP contribution in [0.3, 0.4) is 0 Å². The molecule has 0 atom stereocenters. The first-order chi connectivity index (χ1) is 15.2. The first-order valence-corrected chi connectivity index (χ1v) is 10.2. The molecule has 0 aliphatic rings. The average molecular weight is 434 g/mol. The minimum absolute atomic E-state index is 0.0782. The van der Waals surface area contributed by atoms with Crippen molar-refractivity contribution in [3.05, 3.63) is 110 Å². The molecule has 0 saturated carbocycles. The molecule has 3 rings (SSSR count). The molecule has 0 amide bonds. The van der Waals surface area contributed by atoms with Crippen molar-refractivity contribution in [2.75, 3.05) is 0 Å². The SMILES string of the molecule is C=CCn1c(=O)n(CC=C)c(=O)n(CC(=O)c2cc(C)n(-c3ccc(C)cc3)c2C)c1=O. The van der Waals surface area contributed by atoms with Gasteiger partial charge in [0.1, 0.15) is 0 Å². The molecule has 0 aliphatic carbocycles. The molecule has 0 radical (unpaired) electrons. The summed E-state index contributed by atoms with van der Waals surface area (Å²) >= 11 is 0. The lowest BCUT2D eigenvalue weighted by Crippen LogP contribution is -2.55. The smallest absolute Gasteiger partial charge is 0.318 e. The summed E-state index contributed by atoms with van der Waals surface area (Å²) in [4.78, 5) is 51.3. The highest BCUT2D eigenvalue weighted by Crippen LogP contribution is 2.21. The van der Waals surface area contributed by atoms with Crippen molar-refractivity contribution in [2.24, 2.45) is 0 Å². The van der Waals surface area contributed by atoms with E-state index >= 15 is 0 Å². The van der Waals surface area contributed by atoms with Gasteiger partial charge in [-0.05, 0) is 39.0 Å². The number of rotatable bonds is 8. The highest BCUT2D eigenvalue weighted by molar-refractivity contribution is 5.97. The van der Waals surface area contributed by atoms with Crippen LogP contribution in [0.1, 0.15) is 27.3 Å². The Morgan fingerprint density at radius 2 is 1.34 bits per heavy atom. The standard InChI is InChI=1S/C24H26N4O4/c1-6-12-25-22(30)26(13-7-2)24(32)27(23(25)31)15-21(29)20-14-17(4)28(18(20)5)19-10-8-16(3)9-11-19/h6-11,14H,1-2,12-13,15H2,3-5H3. The number of aromatic nitrogens is 4. The zero-order valence-corrected chi connectivity index (χ0v) is 18.5. The molecule has 0 bridgehead atoms. The van der Waals surface area contributed by atoms with Gasteiger partial charge in [-0.1, -0.05) is 29.8 Å². The molecule has 2 aromatic heterocycles. The Morgan fingerprint density at radius 3 is 1.84 bits per heavy atom. The lowest BCUT2D eigenvalue weighted by atomic mass is 10.1. The minimum atomic E-state index is -0.846. The third-order valence-corrected chi connectivity index (χ3v) is 5.33. The second kappa shape index (κ2) is 9.05. The molecule has 0 unspecified atom stereocenters. The number of hydrogen-bond acceptors (Lipinski definition) is 4. The summed E-state index contributed by atoms with van der Waals surface area (Å²) < 4.78 is 4.49. The molecule has 1 aromatic carbocycles. The van der Waals surface area contributed by atoms with Gasteiger partial charge in [-0.3, -0.25) is 4.79 Å². The Morgan fingerprint density at radius 1 is 0.844 bits per heavy atom. The third kappa shape index (κ3) is 3.99. The molecule has 0 saturated heterocycles. The molecular weight excluding hydrogens is 408 g/mol. The summed E-state index contributed by atoms with van der Waals surface area (Å²) in [5.41, 5.74) is 1.54. The average Bonchev–Trinajstić information content (AvgIpc) is 3.06. The van der Waals surface area contributed by atoms with Crippen LogP contribution < -0.4 is 17.1 Å². The summed E-state index contributed by atoms with van der Waals surface area (Å²) in [6.45, 7) is 12.2. The van der Waals surface area contributed by atoms with Crippen molar-refractivity contribution in [1.82, 2.24) is 18.3 Å². The molecule has 166 valence electrons. The molecule has 0 fully saturated rings. The van der Waals surface area contributed by atoms with Gasteiger partial charge in [0.2, 0.25) is 0 Å². The Balaban J connectivity index is 2.09. The van der Waals surface area contributed by atoms with Gasteiger partial charge < -0.3 is 4.57 Å². The monoisotopic (exact) mass is 434 g/mol. The second-order valence-electron chi connectivity index (χ2n) is 7.61. The lowest BCUT2D eigenvalue weighted by molar-refractivity contribution is 0.0966. The number of Topliss-reactive ketones (excluding diaryl/α,β-unsaturated/α-hetero) is 1. The number of ketones is 1. The molecule has 0 aliphatic heterocycles. The molecule has 0 spiro atoms. The summed E-state index contributed by atoms with van der Waals surface area (Å²) in [5.74, 6) is -0.399. The van der Waals surface area contributed by atoms with E-state index in [1.54, 1.807) is 6.07 Å². The van der Waals surface area contributed by atoms with Crippen LogP contribution in [0.2, 0.25) is 0 Å². The van der Waals surface area contributed by atoms with Crippen molar-refractivity contribution >= 4 is 5.78 Å². The Hall–Kier alpha value is -3.94. The van der Waals surface area contributed by atoms with E-state index in [1.165, 1.54) is 12.2 Å². The molecule has 8 heteroatoms. The Kier molecular flexibility index (Phi) is 6.43. The number of carbonyl (C=O) groups excluding carboxylic acids is 1. The van der Waals surface area contributed by atoms with Crippen LogP contribution in [-0.2, 0) is 19.6 Å². The van der Waals surface area contributed by atoms with Crippen molar-refractivity contribution in [1.29, 1.82) is 0 Å². The van der Waals surface area contributed by atoms with Crippen LogP contribution in [0.25, 0.3) is 5.69 Å². The predicted octanol–water partition coefficient (Wildman–Crippen LogP) is 2.14. The van der Waals surface area contributed by atoms with Crippen LogP contribution >= 0.6 is 0 Å². The summed E-state index contributed by atoms with van der Waals surface area (Å²) in [6.07, 6.45) is 2.76. The van der Waals surface area contributed by atoms with Crippen LogP contribution in [0.4, 0.5) is 0 Å². The van der Waals surface area contributed by atoms with Crippen molar-refractivity contribution in [2.45, 2.75) is 40.4 Å². The fourth-order valence-corrected chi connectivity index (χ4v) is 3.75. The van der Waals surface area contributed by atoms with Gasteiger partial charge in [0.05, 0.1) is 19.6 Å². The van der Waals surface area contributed by atoms with E-state index in [9.17, 15) is 19.2 Å². The Bertz CT molecular complexity index is 1330. The van der Waals surface area contributed by atoms with Crippen LogP contribution in [-0.4, -0.2) is 24.1 Å². The van der Waals surface area contributed by atoms with Gasteiger partial charge in [-0.25, -0.2) is 28.1 Å². The molecule has 0 N–H and O–H groups in total. The topological polar surface area (TPSA) is 88.0 Å². The summed E-state index contributed by atoms with van der Waals surface area (Å²) in [5, 5.41) is 0. The van der Waals surface area contributed by atoms with Gasteiger partial charge in [-0.15, -0.1) is 13.2 Å². The zero-order valence-electron chi connectivity index (χ0n) is 18.5. The van der Waals surface area contributed by atoms with Crippen molar-refractivity contribution < 1.29 is 4.79 Å². The van der Waals surface area contributed by atoms with E-state index in [-0.39, 0.29) is 13.1 Å². The van der Waals surface area contributed by atoms with Crippen LogP contribution in [0, 0.1) is 20.8 Å². The normalized spacial score (nSPS) is 10.8. The fraction of sp³-hybridized carbons (Fsp3) is 0.250. The molecule has 8 nitrogen and oxygen atoms in total. The van der Waals surface area contributed by atoms with E-state index in [0.717, 1.165) is 30.6 Å². The maximum absolute atomic E-state index is 13.2. The Labute approximate surface area is 185 Å². The highest BCUT2D eigenvalue weighted by atomic mass is 16.2. The number of nitrogens with zero attached hydrogens (tertiary/aromatic N) is 4. The maximum Gasteiger partial charge on any atom is 0.337 e. The first-order valence-electron chi connectivity index (χ1n) is 10.2. The number of benzene rings is 1. The summed E-state index contributed by atoms with van der Waals surface area (Å²) in [7, 11) is 0. The molecule has 3 aromatic rings. The minimum Gasteiger partial charge on any atom is -0.318 e. The molecule has 2 heterocycles. The van der Waals surface area contributed by atoms with Crippen molar-refractivity contribution in [3.63, 3.8) is 0 Å². The van der Waals surface area contributed by atoms with Gasteiger partial charge in [0.15, 0.2) is 5.78 Å². The number of carbonyl (C=O) groups is 1. The number of allylic oxidation sites excluding steroid dienone is 2. The largest absolute Gasteiger partial charge is 0.337 e. The molecule has 32 heavy (non-hydrogen) atoms. The fourth-order valence-electron chi connectivity index (χ4n) is 3.75. The van der Waals surface area contributed by atoms with Crippen LogP contribution in [0.15, 0.2) is 70.0 Å².